The molecule has 0 radical (unpaired) electrons. The predicted octanol–water partition coefficient (Wildman–Crippen LogP) is 1.90. The zero-order valence-corrected chi connectivity index (χ0v) is 58.4. The van der Waals surface area contributed by atoms with Crippen LogP contribution >= 0.6 is 21.6 Å². The zero-order chi connectivity index (χ0) is 69.4. The lowest BCUT2D eigenvalue weighted by atomic mass is 10.0. The van der Waals surface area contributed by atoms with Crippen LogP contribution in [0.25, 0.3) is 0 Å². The number of ketones is 2. The molecule has 29 nitrogen and oxygen atoms in total. The number of nitrogens with zero attached hydrogens (tertiary/aromatic N) is 8. The summed E-state index contributed by atoms with van der Waals surface area (Å²) in [5.74, 6) is -2.65. The number of carbonyl (C=O) groups is 11. The predicted molar refractivity (Wildman–Crippen MR) is 355 cm³/mol. The quantitative estimate of drug-likeness (QED) is 0.0407. The third-order valence-electron chi connectivity index (χ3n) is 14.1. The summed E-state index contributed by atoms with van der Waals surface area (Å²) in [7, 11) is 20.2. The maximum Gasteiger partial charge on any atom is 0.519 e. The molecule has 0 aliphatic heterocycles. The fourth-order valence-electron chi connectivity index (χ4n) is 9.24. The van der Waals surface area contributed by atoms with Gasteiger partial charge in [-0.1, -0.05) is 17.2 Å². The van der Waals surface area contributed by atoms with Crippen LogP contribution in [0.3, 0.4) is 0 Å². The SMILES string of the molecule is CC(=O)C[C@@H](C(=O)CCCN(C)C(=O)OCc1oc(=O)oc1C)N(C)C(=O)CCCCCSSc1ccc(C(=O)N(CCCNC(=O)[C@H](CCCCNC(=O)CN(C)C)NC(=O)CN(C)C)CCCNC(=O)[C@H](CCCCNC(=O)CN(C)C)NC(=O)CN(C)C)cn1. The molecule has 0 unspecified atom stereocenters. The molecule has 0 fully saturated rings. The summed E-state index contributed by atoms with van der Waals surface area (Å²) in [5.41, 5.74) is 0.323. The minimum atomic E-state index is -0.946. The van der Waals surface area contributed by atoms with Crippen LogP contribution in [0.1, 0.15) is 125 Å². The van der Waals surface area contributed by atoms with Crippen LogP contribution in [-0.4, -0.2) is 271 Å². The molecule has 0 aliphatic rings. The average Bonchev–Trinajstić information content (AvgIpc) is 1.68. The fraction of sp³-hybridized carbons (Fsp3) is 0.694. The smallest absolute Gasteiger partial charge is 0.441 e. The van der Waals surface area contributed by atoms with Gasteiger partial charge < -0.3 is 79.8 Å². The van der Waals surface area contributed by atoms with Crippen LogP contribution in [-0.2, 0) is 54.5 Å². The highest BCUT2D eigenvalue weighted by Gasteiger charge is 2.29. The number of Topliss-reactive ketones (excluding diaryl/α,β-unsaturated/α-hetero) is 2. The molecule has 2 heterocycles. The summed E-state index contributed by atoms with van der Waals surface area (Å²) >= 11 is 0. The molecule has 524 valence electrons. The molecule has 2 rings (SSSR count). The van der Waals surface area contributed by atoms with Crippen LogP contribution in [0.4, 0.5) is 4.79 Å². The van der Waals surface area contributed by atoms with Crippen molar-refractivity contribution in [1.82, 2.24) is 71.2 Å². The first-order valence-electron chi connectivity index (χ1n) is 31.6. The molecular formula is C62H104N14O15S2. The molecule has 0 bridgehead atoms. The van der Waals surface area contributed by atoms with Gasteiger partial charge in [-0.2, -0.15) is 0 Å². The van der Waals surface area contributed by atoms with E-state index < -0.39 is 30.0 Å². The Morgan fingerprint density at radius 1 is 0.581 bits per heavy atom. The minimum Gasteiger partial charge on any atom is -0.441 e. The number of aromatic nitrogens is 1. The maximum atomic E-state index is 14.2. The highest BCUT2D eigenvalue weighted by atomic mass is 33.1. The summed E-state index contributed by atoms with van der Waals surface area (Å²) in [6, 6.07) is 0.836. The van der Waals surface area contributed by atoms with Crippen molar-refractivity contribution in [2.45, 2.75) is 140 Å². The normalized spacial score (nSPS) is 12.2. The van der Waals surface area contributed by atoms with E-state index in [1.807, 2.05) is 0 Å². The van der Waals surface area contributed by atoms with Crippen LogP contribution in [0, 0.1) is 6.92 Å². The van der Waals surface area contributed by atoms with Crippen LogP contribution in [0.5, 0.6) is 0 Å². The largest absolute Gasteiger partial charge is 0.519 e. The molecule has 2 aromatic heterocycles. The lowest BCUT2D eigenvalue weighted by Crippen LogP contribution is -2.49. The number of aryl methyl sites for hydroxylation is 1. The van der Waals surface area contributed by atoms with Crippen molar-refractivity contribution in [3.05, 3.63) is 46.0 Å². The van der Waals surface area contributed by atoms with E-state index in [1.165, 1.54) is 54.7 Å². The summed E-state index contributed by atoms with van der Waals surface area (Å²) < 4.78 is 14.8. The second-order valence-corrected chi connectivity index (χ2v) is 26.4. The Hall–Kier alpha value is -6.93. The van der Waals surface area contributed by atoms with Crippen molar-refractivity contribution in [2.24, 2.45) is 0 Å². The van der Waals surface area contributed by atoms with Crippen LogP contribution in [0.2, 0.25) is 0 Å². The van der Waals surface area contributed by atoms with E-state index in [0.29, 0.717) is 81.5 Å². The van der Waals surface area contributed by atoms with Crippen molar-refractivity contribution in [3.63, 3.8) is 0 Å². The number of hydrogen-bond donors (Lipinski definition) is 6. The molecule has 0 aromatic carbocycles. The van der Waals surface area contributed by atoms with Crippen molar-refractivity contribution in [2.75, 3.05) is 148 Å². The topological polar surface area (TPSA) is 348 Å². The van der Waals surface area contributed by atoms with E-state index in [9.17, 15) is 57.5 Å². The number of ether oxygens (including phenoxy) is 1. The van der Waals surface area contributed by atoms with Gasteiger partial charge in [0.25, 0.3) is 5.91 Å². The van der Waals surface area contributed by atoms with E-state index in [4.69, 9.17) is 13.6 Å². The third-order valence-corrected chi connectivity index (χ3v) is 16.4. The average molecular weight is 1350 g/mol. The van der Waals surface area contributed by atoms with Gasteiger partial charge in [-0.15, -0.1) is 0 Å². The maximum absolute atomic E-state index is 14.2. The van der Waals surface area contributed by atoms with E-state index in [2.05, 4.69) is 36.9 Å². The standard InChI is InChI=1S/C62H104N14O15S2/c1-44(77)37-49(50(78)25-20-33-74(11)61(87)89-43-51-45(2)90-62(88)91-51)75(12)57(83)26-14-13-19-36-92-93-56-28-27-46(38-67-56)60(86)76(34-21-31-65-58(84)47(68-54(81)41-72(7)8)23-15-17-29-63-52(79)39-70(3)4)35-22-32-66-59(85)48(69-55(82)42-73(9)10)24-16-18-30-64-53(80)40-71(5)6/h27-28,38,47-49H,13-26,29-37,39-43H2,1-12H3,(H,63,79)(H,64,80)(H,65,84)(H,66,85)(H,68,81)(H,69,82)/t47-,48-,49-/m0/s1. The highest BCUT2D eigenvalue weighted by Crippen LogP contribution is 2.30. The molecular weight excluding hydrogens is 1240 g/mol. The molecule has 0 saturated carbocycles. The summed E-state index contributed by atoms with van der Waals surface area (Å²) in [6.45, 7) is 5.01. The Kier molecular flexibility index (Phi) is 40.8. The third kappa shape index (κ3) is 36.9. The van der Waals surface area contributed by atoms with Gasteiger partial charge in [-0.25, -0.2) is 14.6 Å². The van der Waals surface area contributed by atoms with E-state index in [1.54, 1.807) is 104 Å². The lowest BCUT2D eigenvalue weighted by molar-refractivity contribution is -0.139. The summed E-state index contributed by atoms with van der Waals surface area (Å²) in [6.07, 6.45) is 6.84. The Bertz CT molecular complexity index is 2650. The molecule has 0 saturated heterocycles. The Labute approximate surface area is 555 Å². The number of carbonyl (C=O) groups excluding carboxylic acids is 11. The van der Waals surface area contributed by atoms with Gasteiger partial charge in [0, 0.05) is 91.1 Å². The molecule has 0 aliphatic carbocycles. The number of likely N-dealkylation sites (N-methyl/N-ethyl adjacent to an activating group) is 5. The summed E-state index contributed by atoms with van der Waals surface area (Å²) in [5, 5.41) is 17.9. The molecule has 3 atom stereocenters. The van der Waals surface area contributed by atoms with Gasteiger partial charge >= 0.3 is 11.9 Å². The first-order chi connectivity index (χ1) is 44.1. The van der Waals surface area contributed by atoms with Crippen molar-refractivity contribution < 1.29 is 66.3 Å². The van der Waals surface area contributed by atoms with E-state index in [0.717, 1.165) is 18.6 Å². The number of unbranched alkanes of at least 4 members (excludes halogenated alkanes) is 4. The van der Waals surface area contributed by atoms with Crippen molar-refractivity contribution >= 4 is 86.5 Å². The Balaban J connectivity index is 2.06. The van der Waals surface area contributed by atoms with Crippen molar-refractivity contribution in [1.29, 1.82) is 0 Å². The summed E-state index contributed by atoms with van der Waals surface area (Å²) in [4.78, 5) is 170. The molecule has 31 heteroatoms. The zero-order valence-electron chi connectivity index (χ0n) is 56.8. The molecule has 0 spiro atoms. The second kappa shape index (κ2) is 46.2. The molecule has 93 heavy (non-hydrogen) atoms. The van der Waals surface area contributed by atoms with Gasteiger partial charge in [-0.3, -0.25) is 47.9 Å². The number of amides is 9. The monoisotopic (exact) mass is 1350 g/mol. The number of nitrogens with one attached hydrogen (secondary N) is 6. The molecule has 9 amide bonds. The van der Waals surface area contributed by atoms with Crippen LogP contribution in [0.15, 0.2) is 37.0 Å². The van der Waals surface area contributed by atoms with Gasteiger partial charge in [0.1, 0.15) is 22.9 Å². The minimum absolute atomic E-state index is 0.0108. The highest BCUT2D eigenvalue weighted by molar-refractivity contribution is 8.76. The Morgan fingerprint density at radius 3 is 1.57 bits per heavy atom. The number of hydrogen-bond acceptors (Lipinski definition) is 22. The number of pyridine rings is 1. The van der Waals surface area contributed by atoms with Gasteiger partial charge in [0.2, 0.25) is 41.4 Å². The van der Waals surface area contributed by atoms with Gasteiger partial charge in [-0.05, 0) is 164 Å². The second-order valence-electron chi connectivity index (χ2n) is 24.0. The molecule has 6 N–H and O–H groups in total. The van der Waals surface area contributed by atoms with Gasteiger partial charge in [0.05, 0.1) is 37.8 Å². The fourth-order valence-corrected chi connectivity index (χ4v) is 11.2. The first-order valence-corrected chi connectivity index (χ1v) is 33.9. The molecule has 2 aromatic rings. The van der Waals surface area contributed by atoms with E-state index in [-0.39, 0.29) is 162 Å². The lowest BCUT2D eigenvalue weighted by Gasteiger charge is -2.27. The number of rotatable bonds is 49. The van der Waals surface area contributed by atoms with Crippen molar-refractivity contribution in [3.8, 4) is 0 Å². The van der Waals surface area contributed by atoms with Crippen LogP contribution < -0.4 is 37.7 Å². The first kappa shape index (κ1) is 82.2. The van der Waals surface area contributed by atoms with Gasteiger partial charge in [0.15, 0.2) is 23.9 Å². The Morgan fingerprint density at radius 2 is 1.10 bits per heavy atom. The van der Waals surface area contributed by atoms with E-state index >= 15 is 0 Å².